The van der Waals surface area contributed by atoms with Crippen LogP contribution in [-0.4, -0.2) is 23.0 Å². The molecule has 0 amide bonds. The van der Waals surface area contributed by atoms with Gasteiger partial charge in [-0.2, -0.15) is 5.26 Å². The lowest BCUT2D eigenvalue weighted by atomic mass is 10.1. The van der Waals surface area contributed by atoms with Gasteiger partial charge < -0.3 is 0 Å². The number of nitriles is 1. The molecule has 0 bridgehead atoms. The molecule has 0 aromatic carbocycles. The van der Waals surface area contributed by atoms with Crippen molar-refractivity contribution in [2.24, 2.45) is 11.8 Å². The van der Waals surface area contributed by atoms with E-state index in [1.807, 2.05) is 12.1 Å². The van der Waals surface area contributed by atoms with Crippen LogP contribution in [0.5, 0.6) is 0 Å². The molecule has 1 aromatic rings. The van der Waals surface area contributed by atoms with E-state index in [-0.39, 0.29) is 0 Å². The Labute approximate surface area is 110 Å². The average molecular weight is 245 g/mol. The van der Waals surface area contributed by atoms with Gasteiger partial charge in [0, 0.05) is 25.8 Å². The number of pyridine rings is 1. The minimum absolute atomic E-state index is 0.501. The van der Waals surface area contributed by atoms with Crippen LogP contribution in [0, 0.1) is 23.2 Å². The van der Waals surface area contributed by atoms with E-state index in [4.69, 9.17) is 5.26 Å². The molecule has 98 valence electrons. The zero-order valence-electron chi connectivity index (χ0n) is 11.8. The van der Waals surface area contributed by atoms with Crippen LogP contribution in [0.1, 0.15) is 39.0 Å². The van der Waals surface area contributed by atoms with Crippen LogP contribution < -0.4 is 0 Å². The minimum Gasteiger partial charge on any atom is -0.299 e. The van der Waals surface area contributed by atoms with Crippen LogP contribution in [0.25, 0.3) is 0 Å². The maximum absolute atomic E-state index is 8.86. The van der Waals surface area contributed by atoms with E-state index in [1.54, 1.807) is 6.20 Å². The summed E-state index contributed by atoms with van der Waals surface area (Å²) < 4.78 is 0. The molecule has 0 fully saturated rings. The molecule has 0 aliphatic carbocycles. The molecule has 0 spiro atoms. The third-order valence-corrected chi connectivity index (χ3v) is 2.59. The Balaban J connectivity index is 2.72. The Morgan fingerprint density at radius 3 is 2.33 bits per heavy atom. The summed E-state index contributed by atoms with van der Waals surface area (Å²) in [6.45, 7) is 12.0. The fourth-order valence-corrected chi connectivity index (χ4v) is 2.13. The summed E-state index contributed by atoms with van der Waals surface area (Å²) in [5.41, 5.74) is 1.67. The lowest BCUT2D eigenvalue weighted by molar-refractivity contribution is 0.211. The number of rotatable bonds is 6. The van der Waals surface area contributed by atoms with Gasteiger partial charge in [0.25, 0.3) is 0 Å². The van der Waals surface area contributed by atoms with Crippen molar-refractivity contribution in [3.05, 3.63) is 29.6 Å². The molecule has 18 heavy (non-hydrogen) atoms. The second kappa shape index (κ2) is 7.13. The Morgan fingerprint density at radius 1 is 1.22 bits per heavy atom. The van der Waals surface area contributed by atoms with Crippen molar-refractivity contribution in [2.75, 3.05) is 13.1 Å². The Hall–Kier alpha value is -1.40. The molecule has 0 atom stereocenters. The number of aromatic nitrogens is 1. The summed E-state index contributed by atoms with van der Waals surface area (Å²) in [6.07, 6.45) is 1.72. The van der Waals surface area contributed by atoms with Crippen LogP contribution in [0.15, 0.2) is 18.3 Å². The molecule has 3 heteroatoms. The zero-order chi connectivity index (χ0) is 13.5. The lowest BCUT2D eigenvalue weighted by Gasteiger charge is -2.26. The Kier molecular flexibility index (Phi) is 5.80. The fraction of sp³-hybridized carbons (Fsp3) is 0.600. The van der Waals surface area contributed by atoms with Crippen molar-refractivity contribution in [1.82, 2.24) is 9.88 Å². The van der Waals surface area contributed by atoms with E-state index in [9.17, 15) is 0 Å². The van der Waals surface area contributed by atoms with Gasteiger partial charge in [0.05, 0.1) is 0 Å². The summed E-state index contributed by atoms with van der Waals surface area (Å²) in [4.78, 5) is 6.46. The predicted octanol–water partition coefficient (Wildman–Crippen LogP) is 3.07. The van der Waals surface area contributed by atoms with Crippen molar-refractivity contribution in [3.63, 3.8) is 0 Å². The SMILES string of the molecule is CC(C)CN(Cc1ccnc(C#N)c1)CC(C)C. The second-order valence-corrected chi connectivity index (χ2v) is 5.64. The van der Waals surface area contributed by atoms with E-state index in [1.165, 1.54) is 5.56 Å². The van der Waals surface area contributed by atoms with Gasteiger partial charge in [0.1, 0.15) is 11.8 Å². The quantitative estimate of drug-likeness (QED) is 0.773. The number of nitrogens with zero attached hydrogens (tertiary/aromatic N) is 3. The van der Waals surface area contributed by atoms with Crippen LogP contribution in [0.4, 0.5) is 0 Å². The molecule has 0 saturated heterocycles. The van der Waals surface area contributed by atoms with Crippen molar-refractivity contribution in [1.29, 1.82) is 5.26 Å². The first kappa shape index (κ1) is 14.7. The first-order valence-electron chi connectivity index (χ1n) is 6.58. The Bertz CT molecular complexity index is 394. The molecule has 1 rings (SSSR count). The smallest absolute Gasteiger partial charge is 0.140 e. The molecule has 3 nitrogen and oxygen atoms in total. The van der Waals surface area contributed by atoms with Crippen LogP contribution >= 0.6 is 0 Å². The van der Waals surface area contributed by atoms with Gasteiger partial charge in [0.15, 0.2) is 0 Å². The van der Waals surface area contributed by atoms with Gasteiger partial charge >= 0.3 is 0 Å². The Morgan fingerprint density at radius 2 is 1.83 bits per heavy atom. The van der Waals surface area contributed by atoms with Gasteiger partial charge in [0.2, 0.25) is 0 Å². The monoisotopic (exact) mass is 245 g/mol. The fourth-order valence-electron chi connectivity index (χ4n) is 2.13. The van der Waals surface area contributed by atoms with E-state index < -0.39 is 0 Å². The third-order valence-electron chi connectivity index (χ3n) is 2.59. The predicted molar refractivity (Wildman–Crippen MR) is 73.9 cm³/mol. The third kappa shape index (κ3) is 5.29. The first-order chi connectivity index (χ1) is 8.51. The highest BCUT2D eigenvalue weighted by Crippen LogP contribution is 2.10. The van der Waals surface area contributed by atoms with Crippen molar-refractivity contribution < 1.29 is 0 Å². The number of hydrogen-bond acceptors (Lipinski definition) is 3. The first-order valence-corrected chi connectivity index (χ1v) is 6.58. The average Bonchev–Trinajstić information content (AvgIpc) is 2.27. The molecular formula is C15H23N3. The highest BCUT2D eigenvalue weighted by Gasteiger charge is 2.10. The lowest BCUT2D eigenvalue weighted by Crippen LogP contribution is -2.30. The van der Waals surface area contributed by atoms with Gasteiger partial charge in [-0.1, -0.05) is 27.7 Å². The van der Waals surface area contributed by atoms with Crippen LogP contribution in [-0.2, 0) is 6.54 Å². The normalized spacial score (nSPS) is 11.2. The summed E-state index contributed by atoms with van der Waals surface area (Å²) >= 11 is 0. The summed E-state index contributed by atoms with van der Waals surface area (Å²) in [7, 11) is 0. The van der Waals surface area contributed by atoms with E-state index in [2.05, 4.69) is 43.6 Å². The molecular weight excluding hydrogens is 222 g/mol. The minimum atomic E-state index is 0.501. The van der Waals surface area contributed by atoms with Gasteiger partial charge in [-0.15, -0.1) is 0 Å². The molecule has 0 saturated carbocycles. The molecule has 1 heterocycles. The molecule has 0 aliphatic rings. The van der Waals surface area contributed by atoms with Gasteiger partial charge in [-0.05, 0) is 29.5 Å². The molecule has 1 aromatic heterocycles. The van der Waals surface area contributed by atoms with Crippen molar-refractivity contribution >= 4 is 0 Å². The van der Waals surface area contributed by atoms with Gasteiger partial charge in [-0.25, -0.2) is 4.98 Å². The summed E-state index contributed by atoms with van der Waals surface area (Å²) in [6, 6.07) is 5.97. The maximum atomic E-state index is 8.86. The van der Waals surface area contributed by atoms with E-state index >= 15 is 0 Å². The summed E-state index contributed by atoms with van der Waals surface area (Å²) in [5, 5.41) is 8.86. The van der Waals surface area contributed by atoms with E-state index in [0.29, 0.717) is 17.5 Å². The topological polar surface area (TPSA) is 39.9 Å². The molecule has 0 radical (unpaired) electrons. The molecule has 0 N–H and O–H groups in total. The maximum Gasteiger partial charge on any atom is 0.140 e. The standard InChI is InChI=1S/C15H23N3/c1-12(2)9-18(10-13(3)4)11-14-5-6-17-15(7-14)8-16/h5-7,12-13H,9-11H2,1-4H3. The second-order valence-electron chi connectivity index (χ2n) is 5.64. The van der Waals surface area contributed by atoms with Crippen LogP contribution in [0.2, 0.25) is 0 Å². The highest BCUT2D eigenvalue weighted by atomic mass is 15.1. The summed E-state index contributed by atoms with van der Waals surface area (Å²) in [5.74, 6) is 1.31. The van der Waals surface area contributed by atoms with Crippen LogP contribution in [0.3, 0.4) is 0 Å². The zero-order valence-corrected chi connectivity index (χ0v) is 11.8. The molecule has 0 unspecified atom stereocenters. The largest absolute Gasteiger partial charge is 0.299 e. The van der Waals surface area contributed by atoms with Crippen molar-refractivity contribution in [3.8, 4) is 6.07 Å². The van der Waals surface area contributed by atoms with Gasteiger partial charge in [-0.3, -0.25) is 4.90 Å². The number of hydrogen-bond donors (Lipinski definition) is 0. The van der Waals surface area contributed by atoms with E-state index in [0.717, 1.165) is 19.6 Å². The van der Waals surface area contributed by atoms with Crippen molar-refractivity contribution in [2.45, 2.75) is 34.2 Å². The molecule has 0 aliphatic heterocycles. The highest BCUT2D eigenvalue weighted by molar-refractivity contribution is 5.25.